The molecule has 1 N–H and O–H groups in total. The van der Waals surface area contributed by atoms with Gasteiger partial charge in [-0.15, -0.1) is 11.3 Å². The highest BCUT2D eigenvalue weighted by molar-refractivity contribution is 7.11. The molecule has 1 atom stereocenters. The minimum atomic E-state index is 0.0291. The van der Waals surface area contributed by atoms with Gasteiger partial charge in [0.05, 0.1) is 22.4 Å². The molecular formula is C14H19N3OS. The molecule has 19 heavy (non-hydrogen) atoms. The number of hydrogen-bond acceptors (Lipinski definition) is 4. The van der Waals surface area contributed by atoms with Gasteiger partial charge in [0.25, 0.3) is 5.56 Å². The first-order chi connectivity index (χ1) is 9.01. The van der Waals surface area contributed by atoms with Crippen molar-refractivity contribution in [2.45, 2.75) is 40.3 Å². The van der Waals surface area contributed by atoms with Gasteiger partial charge in [0.1, 0.15) is 0 Å². The van der Waals surface area contributed by atoms with Crippen molar-refractivity contribution in [2.75, 3.05) is 5.32 Å². The summed E-state index contributed by atoms with van der Waals surface area (Å²) >= 11 is 1.71. The molecule has 0 fully saturated rings. The van der Waals surface area contributed by atoms with Crippen LogP contribution < -0.4 is 10.9 Å². The van der Waals surface area contributed by atoms with Gasteiger partial charge in [-0.3, -0.25) is 4.79 Å². The van der Waals surface area contributed by atoms with E-state index >= 15 is 0 Å². The Labute approximate surface area is 117 Å². The van der Waals surface area contributed by atoms with Gasteiger partial charge in [-0.25, -0.2) is 4.98 Å². The van der Waals surface area contributed by atoms with E-state index in [1.807, 2.05) is 26.1 Å². The predicted molar refractivity (Wildman–Crippen MR) is 80.0 cm³/mol. The fourth-order valence-corrected chi connectivity index (χ4v) is 3.04. The molecule has 0 aliphatic heterocycles. The summed E-state index contributed by atoms with van der Waals surface area (Å²) in [5.74, 6) is 0. The van der Waals surface area contributed by atoms with Crippen molar-refractivity contribution in [3.8, 4) is 0 Å². The number of aryl methyl sites for hydroxylation is 3. The van der Waals surface area contributed by atoms with Crippen LogP contribution in [0.15, 0.2) is 23.1 Å². The van der Waals surface area contributed by atoms with Crippen molar-refractivity contribution < 1.29 is 0 Å². The second-order valence-corrected chi connectivity index (χ2v) is 5.99. The number of thiazole rings is 1. The smallest absolute Gasteiger partial charge is 0.250 e. The first-order valence-corrected chi connectivity index (χ1v) is 7.24. The van der Waals surface area contributed by atoms with E-state index < -0.39 is 0 Å². The molecule has 0 spiro atoms. The molecule has 0 aliphatic carbocycles. The Hall–Kier alpha value is -1.62. The van der Waals surface area contributed by atoms with Crippen LogP contribution in [-0.4, -0.2) is 9.55 Å². The SMILES string of the molecule is CCn1cc(NC(C)c2nc(C)sc2C)ccc1=O. The van der Waals surface area contributed by atoms with E-state index in [9.17, 15) is 4.79 Å². The van der Waals surface area contributed by atoms with Crippen LogP contribution in [0, 0.1) is 13.8 Å². The van der Waals surface area contributed by atoms with Gasteiger partial charge in [-0.05, 0) is 33.8 Å². The maximum Gasteiger partial charge on any atom is 0.250 e. The number of nitrogens with one attached hydrogen (secondary N) is 1. The lowest BCUT2D eigenvalue weighted by Gasteiger charge is -2.15. The molecule has 4 nitrogen and oxygen atoms in total. The molecule has 2 heterocycles. The molecule has 2 aromatic heterocycles. The topological polar surface area (TPSA) is 46.9 Å². The van der Waals surface area contributed by atoms with Crippen LogP contribution in [0.3, 0.4) is 0 Å². The molecule has 2 aromatic rings. The van der Waals surface area contributed by atoms with Gasteiger partial charge in [-0.1, -0.05) is 0 Å². The maximum absolute atomic E-state index is 11.5. The quantitative estimate of drug-likeness (QED) is 0.934. The molecule has 0 aromatic carbocycles. The summed E-state index contributed by atoms with van der Waals surface area (Å²) in [6.45, 7) is 8.83. The van der Waals surface area contributed by atoms with Crippen molar-refractivity contribution in [3.05, 3.63) is 44.3 Å². The molecule has 0 saturated carbocycles. The van der Waals surface area contributed by atoms with Gasteiger partial charge in [-0.2, -0.15) is 0 Å². The second kappa shape index (κ2) is 5.57. The van der Waals surface area contributed by atoms with Crippen LogP contribution in [0.25, 0.3) is 0 Å². The molecule has 0 saturated heterocycles. The Morgan fingerprint density at radius 3 is 2.74 bits per heavy atom. The summed E-state index contributed by atoms with van der Waals surface area (Å²) in [4.78, 5) is 17.3. The molecule has 0 radical (unpaired) electrons. The van der Waals surface area contributed by atoms with Crippen LogP contribution in [-0.2, 0) is 6.54 Å². The summed E-state index contributed by atoms with van der Waals surface area (Å²) in [6, 6.07) is 3.55. The van der Waals surface area contributed by atoms with Crippen LogP contribution in [0.4, 0.5) is 5.69 Å². The number of aromatic nitrogens is 2. The largest absolute Gasteiger partial charge is 0.376 e. The fraction of sp³-hybridized carbons (Fsp3) is 0.429. The first-order valence-electron chi connectivity index (χ1n) is 6.42. The summed E-state index contributed by atoms with van der Waals surface area (Å²) < 4.78 is 1.69. The normalized spacial score (nSPS) is 12.4. The highest BCUT2D eigenvalue weighted by Gasteiger charge is 2.13. The van der Waals surface area contributed by atoms with Crippen molar-refractivity contribution in [2.24, 2.45) is 0 Å². The Kier molecular flexibility index (Phi) is 4.04. The van der Waals surface area contributed by atoms with Crippen molar-refractivity contribution in [1.29, 1.82) is 0 Å². The summed E-state index contributed by atoms with van der Waals surface area (Å²) in [6.07, 6.45) is 1.85. The van der Waals surface area contributed by atoms with E-state index in [0.29, 0.717) is 6.54 Å². The van der Waals surface area contributed by atoms with Gasteiger partial charge in [0.2, 0.25) is 0 Å². The third kappa shape index (κ3) is 3.04. The summed E-state index contributed by atoms with van der Waals surface area (Å²) in [7, 11) is 0. The summed E-state index contributed by atoms with van der Waals surface area (Å²) in [5, 5.41) is 4.48. The highest BCUT2D eigenvalue weighted by Crippen LogP contribution is 2.25. The number of anilines is 1. The standard InChI is InChI=1S/C14H19N3OS/c1-5-17-8-12(6-7-13(17)18)15-9(2)14-10(3)19-11(4)16-14/h6-9,15H,5H2,1-4H3. The van der Waals surface area contributed by atoms with Crippen LogP contribution >= 0.6 is 11.3 Å². The third-order valence-corrected chi connectivity index (χ3v) is 3.96. The first kappa shape index (κ1) is 13.8. The average Bonchev–Trinajstić information content (AvgIpc) is 2.71. The second-order valence-electron chi connectivity index (χ2n) is 4.58. The van der Waals surface area contributed by atoms with Crippen LogP contribution in [0.1, 0.15) is 35.5 Å². The van der Waals surface area contributed by atoms with Gasteiger partial charge >= 0.3 is 0 Å². The van der Waals surface area contributed by atoms with Gasteiger partial charge in [0.15, 0.2) is 0 Å². The lowest BCUT2D eigenvalue weighted by molar-refractivity contribution is 0.724. The third-order valence-electron chi connectivity index (χ3n) is 3.06. The Morgan fingerprint density at radius 1 is 1.42 bits per heavy atom. The van der Waals surface area contributed by atoms with Crippen LogP contribution in [0.5, 0.6) is 0 Å². The van der Waals surface area contributed by atoms with E-state index in [2.05, 4.69) is 24.1 Å². The predicted octanol–water partition coefficient (Wildman–Crippen LogP) is 3.11. The van der Waals surface area contributed by atoms with E-state index in [-0.39, 0.29) is 11.6 Å². The van der Waals surface area contributed by atoms with Crippen molar-refractivity contribution >= 4 is 17.0 Å². The Bertz CT molecular complexity index is 630. The molecule has 0 amide bonds. The molecular weight excluding hydrogens is 258 g/mol. The minimum absolute atomic E-state index is 0.0291. The maximum atomic E-state index is 11.5. The average molecular weight is 277 g/mol. The molecule has 0 aliphatic rings. The van der Waals surface area contributed by atoms with E-state index in [0.717, 1.165) is 16.4 Å². The number of nitrogens with zero attached hydrogens (tertiary/aromatic N) is 2. The van der Waals surface area contributed by atoms with E-state index in [4.69, 9.17) is 0 Å². The minimum Gasteiger partial charge on any atom is -0.376 e. The molecule has 5 heteroatoms. The molecule has 2 rings (SSSR count). The lowest BCUT2D eigenvalue weighted by atomic mass is 10.2. The number of hydrogen-bond donors (Lipinski definition) is 1. The van der Waals surface area contributed by atoms with E-state index in [1.54, 1.807) is 22.0 Å². The van der Waals surface area contributed by atoms with Gasteiger partial charge < -0.3 is 9.88 Å². The number of rotatable bonds is 4. The molecule has 0 bridgehead atoms. The zero-order chi connectivity index (χ0) is 14.0. The van der Waals surface area contributed by atoms with Crippen LogP contribution in [0.2, 0.25) is 0 Å². The van der Waals surface area contributed by atoms with Gasteiger partial charge in [0, 0.05) is 23.7 Å². The zero-order valence-corrected chi connectivity index (χ0v) is 12.5. The Balaban J connectivity index is 2.21. The number of pyridine rings is 1. The fourth-order valence-electron chi connectivity index (χ4n) is 2.13. The zero-order valence-electron chi connectivity index (χ0n) is 11.7. The molecule has 102 valence electrons. The van der Waals surface area contributed by atoms with Crippen molar-refractivity contribution in [3.63, 3.8) is 0 Å². The highest BCUT2D eigenvalue weighted by atomic mass is 32.1. The van der Waals surface area contributed by atoms with Crippen molar-refractivity contribution in [1.82, 2.24) is 9.55 Å². The summed E-state index contributed by atoms with van der Waals surface area (Å²) in [5.41, 5.74) is 2.05. The Morgan fingerprint density at radius 2 is 2.16 bits per heavy atom. The van der Waals surface area contributed by atoms with E-state index in [1.165, 1.54) is 4.88 Å². The monoisotopic (exact) mass is 277 g/mol. The lowest BCUT2D eigenvalue weighted by Crippen LogP contribution is -2.18. The molecule has 1 unspecified atom stereocenters.